The first-order valence-corrected chi connectivity index (χ1v) is 4.11. The molecular weight excluding hydrogens is 156 g/mol. The lowest BCUT2D eigenvalue weighted by Gasteiger charge is -2.28. The van der Waals surface area contributed by atoms with Crippen LogP contribution in [-0.4, -0.2) is 49.2 Å². The van der Waals surface area contributed by atoms with Crippen LogP contribution in [0.15, 0.2) is 0 Å². The molecule has 0 aliphatic carbocycles. The molecule has 2 N–H and O–H groups in total. The highest BCUT2D eigenvalue weighted by atomic mass is 16.4. The van der Waals surface area contributed by atoms with Gasteiger partial charge in [0.15, 0.2) is 0 Å². The maximum absolute atomic E-state index is 10.7. The SMILES string of the molecule is CCC(C(NC)C(=O)O)N(C)C. The van der Waals surface area contributed by atoms with E-state index in [0.717, 1.165) is 6.42 Å². The quantitative estimate of drug-likeness (QED) is 0.616. The van der Waals surface area contributed by atoms with Crippen LogP contribution in [0.1, 0.15) is 13.3 Å². The van der Waals surface area contributed by atoms with Crippen molar-refractivity contribution in [2.75, 3.05) is 21.1 Å². The van der Waals surface area contributed by atoms with Crippen molar-refractivity contribution in [3.8, 4) is 0 Å². The Morgan fingerprint density at radius 3 is 2.17 bits per heavy atom. The number of carboxylic acids is 1. The van der Waals surface area contributed by atoms with Gasteiger partial charge in [0.05, 0.1) is 0 Å². The second kappa shape index (κ2) is 5.11. The molecule has 0 aromatic carbocycles. The zero-order valence-electron chi connectivity index (χ0n) is 8.16. The lowest BCUT2D eigenvalue weighted by atomic mass is 10.1. The molecule has 0 saturated heterocycles. The van der Waals surface area contributed by atoms with E-state index in [2.05, 4.69) is 5.32 Å². The Morgan fingerprint density at radius 2 is 2.08 bits per heavy atom. The van der Waals surface area contributed by atoms with Crippen LogP contribution in [0.25, 0.3) is 0 Å². The number of likely N-dealkylation sites (N-methyl/N-ethyl adjacent to an activating group) is 2. The summed E-state index contributed by atoms with van der Waals surface area (Å²) in [5, 5.41) is 11.6. The van der Waals surface area contributed by atoms with E-state index in [9.17, 15) is 4.79 Å². The van der Waals surface area contributed by atoms with Gasteiger partial charge in [-0.1, -0.05) is 6.92 Å². The van der Waals surface area contributed by atoms with Gasteiger partial charge in [0.1, 0.15) is 6.04 Å². The van der Waals surface area contributed by atoms with Crippen molar-refractivity contribution in [2.24, 2.45) is 0 Å². The van der Waals surface area contributed by atoms with Crippen LogP contribution in [-0.2, 0) is 4.79 Å². The molecule has 4 nitrogen and oxygen atoms in total. The average Bonchev–Trinajstić information content (AvgIpc) is 1.98. The molecule has 0 saturated carbocycles. The van der Waals surface area contributed by atoms with E-state index in [1.54, 1.807) is 7.05 Å². The fourth-order valence-corrected chi connectivity index (χ4v) is 1.38. The summed E-state index contributed by atoms with van der Waals surface area (Å²) < 4.78 is 0. The Labute approximate surface area is 73.6 Å². The maximum atomic E-state index is 10.7. The molecule has 4 heteroatoms. The van der Waals surface area contributed by atoms with Crippen molar-refractivity contribution in [1.29, 1.82) is 0 Å². The van der Waals surface area contributed by atoms with Crippen molar-refractivity contribution in [1.82, 2.24) is 10.2 Å². The number of hydrogen-bond donors (Lipinski definition) is 2. The summed E-state index contributed by atoms with van der Waals surface area (Å²) in [6.45, 7) is 1.98. The minimum absolute atomic E-state index is 0.0486. The van der Waals surface area contributed by atoms with Crippen LogP contribution in [0.4, 0.5) is 0 Å². The number of rotatable bonds is 5. The summed E-state index contributed by atoms with van der Waals surface area (Å²) in [5.41, 5.74) is 0. The lowest BCUT2D eigenvalue weighted by molar-refractivity contribution is -0.141. The molecule has 72 valence electrons. The molecule has 0 heterocycles. The molecule has 0 aromatic rings. The Morgan fingerprint density at radius 1 is 1.58 bits per heavy atom. The molecule has 0 bridgehead atoms. The number of carboxylic acid groups (broad SMARTS) is 1. The van der Waals surface area contributed by atoms with Crippen molar-refractivity contribution in [3.63, 3.8) is 0 Å². The van der Waals surface area contributed by atoms with E-state index >= 15 is 0 Å². The molecule has 12 heavy (non-hydrogen) atoms. The van der Waals surface area contributed by atoms with Gasteiger partial charge >= 0.3 is 5.97 Å². The minimum atomic E-state index is -0.793. The van der Waals surface area contributed by atoms with Gasteiger partial charge in [0.2, 0.25) is 0 Å². The van der Waals surface area contributed by atoms with Gasteiger partial charge in [-0.2, -0.15) is 0 Å². The largest absolute Gasteiger partial charge is 0.480 e. The first kappa shape index (κ1) is 11.4. The van der Waals surface area contributed by atoms with Gasteiger partial charge in [0.25, 0.3) is 0 Å². The second-order valence-electron chi connectivity index (χ2n) is 3.04. The Bertz CT molecular complexity index is 148. The summed E-state index contributed by atoms with van der Waals surface area (Å²) >= 11 is 0. The molecule has 2 unspecified atom stereocenters. The van der Waals surface area contributed by atoms with E-state index in [1.165, 1.54) is 0 Å². The zero-order chi connectivity index (χ0) is 9.72. The number of nitrogens with zero attached hydrogens (tertiary/aromatic N) is 1. The highest BCUT2D eigenvalue weighted by Crippen LogP contribution is 2.04. The summed E-state index contributed by atoms with van der Waals surface area (Å²) in [4.78, 5) is 12.7. The maximum Gasteiger partial charge on any atom is 0.322 e. The molecular formula is C8H18N2O2. The molecule has 0 fully saturated rings. The first-order chi connectivity index (χ1) is 5.54. The van der Waals surface area contributed by atoms with Crippen LogP contribution >= 0.6 is 0 Å². The van der Waals surface area contributed by atoms with Crippen molar-refractivity contribution in [2.45, 2.75) is 25.4 Å². The fraction of sp³-hybridized carbons (Fsp3) is 0.875. The van der Waals surface area contributed by atoms with Gasteiger partial charge < -0.3 is 15.3 Å². The van der Waals surface area contributed by atoms with Gasteiger partial charge in [-0.05, 0) is 27.6 Å². The van der Waals surface area contributed by atoms with Crippen molar-refractivity contribution in [3.05, 3.63) is 0 Å². The molecule has 0 aromatic heterocycles. The fourth-order valence-electron chi connectivity index (χ4n) is 1.38. The molecule has 0 aliphatic rings. The smallest absolute Gasteiger partial charge is 0.322 e. The Hall–Kier alpha value is -0.610. The molecule has 0 aliphatic heterocycles. The van der Waals surface area contributed by atoms with Crippen LogP contribution in [0.3, 0.4) is 0 Å². The minimum Gasteiger partial charge on any atom is -0.480 e. The molecule has 0 spiro atoms. The summed E-state index contributed by atoms with van der Waals surface area (Å²) in [6.07, 6.45) is 0.824. The summed E-state index contributed by atoms with van der Waals surface area (Å²) in [5.74, 6) is -0.793. The van der Waals surface area contributed by atoms with Crippen molar-refractivity contribution < 1.29 is 9.90 Å². The highest BCUT2D eigenvalue weighted by molar-refractivity contribution is 5.74. The zero-order valence-corrected chi connectivity index (χ0v) is 8.16. The monoisotopic (exact) mass is 174 g/mol. The molecule has 0 radical (unpaired) electrons. The Balaban J connectivity index is 4.33. The van der Waals surface area contributed by atoms with Crippen LogP contribution < -0.4 is 5.32 Å². The summed E-state index contributed by atoms with van der Waals surface area (Å²) in [6, 6.07) is -0.433. The predicted octanol–water partition coefficient (Wildman–Crippen LogP) is -0.000800. The average molecular weight is 174 g/mol. The first-order valence-electron chi connectivity index (χ1n) is 4.11. The van der Waals surface area contributed by atoms with Crippen molar-refractivity contribution >= 4 is 5.97 Å². The van der Waals surface area contributed by atoms with Crippen LogP contribution in [0.5, 0.6) is 0 Å². The van der Waals surface area contributed by atoms with Gasteiger partial charge in [-0.25, -0.2) is 0 Å². The number of aliphatic carboxylic acids is 1. The highest BCUT2D eigenvalue weighted by Gasteiger charge is 2.26. The van der Waals surface area contributed by atoms with Gasteiger partial charge in [-0.15, -0.1) is 0 Å². The van der Waals surface area contributed by atoms with E-state index in [4.69, 9.17) is 5.11 Å². The lowest BCUT2D eigenvalue weighted by Crippen LogP contribution is -2.50. The molecule has 2 atom stereocenters. The third-order valence-corrected chi connectivity index (χ3v) is 2.04. The van der Waals surface area contributed by atoms with Gasteiger partial charge in [0, 0.05) is 6.04 Å². The standard InChI is InChI=1S/C8H18N2O2/c1-5-6(10(3)4)7(9-2)8(11)12/h6-7,9H,5H2,1-4H3,(H,11,12). The molecule has 0 rings (SSSR count). The third-order valence-electron chi connectivity index (χ3n) is 2.04. The molecule has 0 amide bonds. The normalized spacial score (nSPS) is 16.1. The van der Waals surface area contributed by atoms with E-state index in [1.807, 2.05) is 25.9 Å². The van der Waals surface area contributed by atoms with E-state index < -0.39 is 12.0 Å². The number of nitrogens with one attached hydrogen (secondary N) is 1. The third kappa shape index (κ3) is 2.79. The van der Waals surface area contributed by atoms with Crippen LogP contribution in [0, 0.1) is 0 Å². The van der Waals surface area contributed by atoms with Crippen LogP contribution in [0.2, 0.25) is 0 Å². The van der Waals surface area contributed by atoms with Gasteiger partial charge in [-0.3, -0.25) is 4.79 Å². The van der Waals surface area contributed by atoms with E-state index in [0.29, 0.717) is 0 Å². The Kier molecular flexibility index (Phi) is 4.85. The van der Waals surface area contributed by atoms with E-state index in [-0.39, 0.29) is 6.04 Å². The number of carbonyl (C=O) groups is 1. The topological polar surface area (TPSA) is 52.6 Å². The summed E-state index contributed by atoms with van der Waals surface area (Å²) in [7, 11) is 5.45. The second-order valence-corrected chi connectivity index (χ2v) is 3.04. The predicted molar refractivity (Wildman–Crippen MR) is 48.2 cm³/mol. The number of hydrogen-bond acceptors (Lipinski definition) is 3.